The molecule has 1 rings (SSSR count). The molecule has 0 aliphatic carbocycles. The Kier molecular flexibility index (Phi) is 6.37. The quantitative estimate of drug-likeness (QED) is 0.540. The van der Waals surface area contributed by atoms with Gasteiger partial charge in [-0.2, -0.15) is 0 Å². The van der Waals surface area contributed by atoms with Gasteiger partial charge in [0.25, 0.3) is 0 Å². The first-order valence-corrected chi connectivity index (χ1v) is 7.98. The highest BCUT2D eigenvalue weighted by molar-refractivity contribution is 7.91. The van der Waals surface area contributed by atoms with Crippen LogP contribution in [0, 0.1) is 0 Å². The summed E-state index contributed by atoms with van der Waals surface area (Å²) in [7, 11) is -2.95. The SMILES string of the molecule is O=S(=O)(CCCl)CCCC[N]c1ccccc1. The Labute approximate surface area is 108 Å². The van der Waals surface area contributed by atoms with Crippen LogP contribution < -0.4 is 5.32 Å². The summed E-state index contributed by atoms with van der Waals surface area (Å²) in [6.45, 7) is 0.667. The Bertz CT molecular complexity index is 406. The van der Waals surface area contributed by atoms with Gasteiger partial charge >= 0.3 is 0 Å². The van der Waals surface area contributed by atoms with Crippen LogP contribution in [-0.4, -0.2) is 32.3 Å². The first-order valence-electron chi connectivity index (χ1n) is 5.63. The lowest BCUT2D eigenvalue weighted by Crippen LogP contribution is -2.13. The molecule has 3 nitrogen and oxygen atoms in total. The highest BCUT2D eigenvalue weighted by Gasteiger charge is 2.08. The van der Waals surface area contributed by atoms with E-state index in [2.05, 4.69) is 5.32 Å². The van der Waals surface area contributed by atoms with Crippen LogP contribution in [0.25, 0.3) is 0 Å². The van der Waals surface area contributed by atoms with E-state index in [9.17, 15) is 8.42 Å². The van der Waals surface area contributed by atoms with E-state index in [4.69, 9.17) is 11.6 Å². The fourth-order valence-corrected chi connectivity index (χ4v) is 3.18. The van der Waals surface area contributed by atoms with Crippen molar-refractivity contribution in [1.82, 2.24) is 5.32 Å². The molecule has 0 aliphatic heterocycles. The number of para-hydroxylation sites is 1. The zero-order valence-corrected chi connectivity index (χ0v) is 11.3. The number of unbranched alkanes of at least 4 members (excludes halogenated alkanes) is 1. The average molecular weight is 275 g/mol. The molecule has 0 bridgehead atoms. The molecular formula is C12H17ClNO2S. The maximum absolute atomic E-state index is 11.3. The van der Waals surface area contributed by atoms with Gasteiger partial charge < -0.3 is 0 Å². The molecule has 1 aromatic carbocycles. The maximum Gasteiger partial charge on any atom is 0.151 e. The fourth-order valence-electron chi connectivity index (χ4n) is 1.39. The van der Waals surface area contributed by atoms with Crippen LogP contribution in [0.3, 0.4) is 0 Å². The minimum absolute atomic E-state index is 0.0738. The second kappa shape index (κ2) is 7.56. The third kappa shape index (κ3) is 6.54. The molecule has 5 heteroatoms. The molecular weight excluding hydrogens is 258 g/mol. The summed E-state index contributed by atoms with van der Waals surface area (Å²) in [5, 5.41) is 4.35. The van der Waals surface area contributed by atoms with Gasteiger partial charge in [-0.3, -0.25) is 5.32 Å². The number of hydrogen-bond acceptors (Lipinski definition) is 2. The molecule has 1 aromatic rings. The van der Waals surface area contributed by atoms with Gasteiger partial charge in [0.15, 0.2) is 9.84 Å². The predicted octanol–water partition coefficient (Wildman–Crippen LogP) is 2.36. The topological polar surface area (TPSA) is 48.2 Å². The zero-order valence-electron chi connectivity index (χ0n) is 9.68. The van der Waals surface area contributed by atoms with Crippen LogP contribution in [0.15, 0.2) is 30.3 Å². The summed E-state index contributed by atoms with van der Waals surface area (Å²) < 4.78 is 22.7. The first-order chi connectivity index (χ1) is 8.14. The van der Waals surface area contributed by atoms with Gasteiger partial charge in [-0.15, -0.1) is 11.6 Å². The van der Waals surface area contributed by atoms with Crippen molar-refractivity contribution in [3.8, 4) is 0 Å². The van der Waals surface area contributed by atoms with Crippen LogP contribution in [0.5, 0.6) is 0 Å². The minimum Gasteiger partial charge on any atom is -0.285 e. The van der Waals surface area contributed by atoms with E-state index >= 15 is 0 Å². The lowest BCUT2D eigenvalue weighted by Gasteiger charge is -2.03. The molecule has 0 amide bonds. The molecule has 0 saturated carbocycles. The van der Waals surface area contributed by atoms with Gasteiger partial charge in [-0.05, 0) is 25.0 Å². The molecule has 0 aromatic heterocycles. The van der Waals surface area contributed by atoms with Crippen molar-refractivity contribution in [3.05, 3.63) is 30.3 Å². The minimum atomic E-state index is -2.95. The van der Waals surface area contributed by atoms with Gasteiger partial charge in [0.2, 0.25) is 0 Å². The van der Waals surface area contributed by atoms with Gasteiger partial charge in [0, 0.05) is 12.4 Å². The number of benzene rings is 1. The summed E-state index contributed by atoms with van der Waals surface area (Å²) in [5.41, 5.74) is 0.941. The number of alkyl halides is 1. The van der Waals surface area contributed by atoms with Gasteiger partial charge in [0.1, 0.15) is 0 Å². The van der Waals surface area contributed by atoms with Crippen LogP contribution >= 0.6 is 11.6 Å². The van der Waals surface area contributed by atoms with Crippen molar-refractivity contribution >= 4 is 27.1 Å². The van der Waals surface area contributed by atoms with Crippen molar-refractivity contribution < 1.29 is 8.42 Å². The van der Waals surface area contributed by atoms with Crippen LogP contribution in [0.1, 0.15) is 12.8 Å². The van der Waals surface area contributed by atoms with E-state index in [1.807, 2.05) is 30.3 Å². The summed E-state index contributed by atoms with van der Waals surface area (Å²) >= 11 is 5.41. The Morgan fingerprint density at radius 2 is 1.76 bits per heavy atom. The molecule has 0 spiro atoms. The Morgan fingerprint density at radius 3 is 2.41 bits per heavy atom. The third-order valence-corrected chi connectivity index (χ3v) is 4.45. The van der Waals surface area contributed by atoms with E-state index in [1.165, 1.54) is 0 Å². The highest BCUT2D eigenvalue weighted by atomic mass is 35.5. The molecule has 0 atom stereocenters. The smallest absolute Gasteiger partial charge is 0.151 e. The molecule has 0 N–H and O–H groups in total. The Morgan fingerprint density at radius 1 is 1.06 bits per heavy atom. The molecule has 0 fully saturated rings. The number of hydrogen-bond donors (Lipinski definition) is 0. The molecule has 0 unspecified atom stereocenters. The standard InChI is InChI=1S/C12H17ClNO2S/c13-8-11-17(15,16)10-5-4-9-14-12-6-2-1-3-7-12/h1-3,6-7H,4-5,8-11H2. The van der Waals surface area contributed by atoms with E-state index in [0.29, 0.717) is 13.0 Å². The second-order valence-electron chi connectivity index (χ2n) is 3.77. The third-order valence-electron chi connectivity index (χ3n) is 2.30. The number of sulfone groups is 1. The predicted molar refractivity (Wildman–Crippen MR) is 71.7 cm³/mol. The summed E-state index contributed by atoms with van der Waals surface area (Å²) in [5.74, 6) is 0.463. The van der Waals surface area contributed by atoms with Crippen molar-refractivity contribution in [1.29, 1.82) is 0 Å². The van der Waals surface area contributed by atoms with E-state index in [-0.39, 0.29) is 17.4 Å². The fraction of sp³-hybridized carbons (Fsp3) is 0.500. The number of nitrogens with zero attached hydrogens (tertiary/aromatic N) is 1. The van der Waals surface area contributed by atoms with Gasteiger partial charge in [0.05, 0.1) is 17.2 Å². The highest BCUT2D eigenvalue weighted by Crippen LogP contribution is 2.06. The molecule has 95 valence electrons. The summed E-state index contributed by atoms with van der Waals surface area (Å²) in [6.07, 6.45) is 1.44. The van der Waals surface area contributed by atoms with E-state index < -0.39 is 9.84 Å². The van der Waals surface area contributed by atoms with Gasteiger partial charge in [-0.25, -0.2) is 8.42 Å². The Hall–Kier alpha value is -0.740. The van der Waals surface area contributed by atoms with Crippen molar-refractivity contribution in [2.75, 3.05) is 23.9 Å². The zero-order chi connectivity index (χ0) is 12.6. The van der Waals surface area contributed by atoms with Crippen LogP contribution in [0.2, 0.25) is 0 Å². The van der Waals surface area contributed by atoms with Crippen molar-refractivity contribution in [3.63, 3.8) is 0 Å². The monoisotopic (exact) mass is 274 g/mol. The summed E-state index contributed by atoms with van der Waals surface area (Å²) in [6, 6.07) is 9.68. The van der Waals surface area contributed by atoms with E-state index in [1.54, 1.807) is 0 Å². The second-order valence-corrected chi connectivity index (χ2v) is 6.45. The summed E-state index contributed by atoms with van der Waals surface area (Å²) in [4.78, 5) is 0. The van der Waals surface area contributed by atoms with Crippen LogP contribution in [-0.2, 0) is 9.84 Å². The average Bonchev–Trinajstić information content (AvgIpc) is 2.30. The molecule has 0 heterocycles. The lowest BCUT2D eigenvalue weighted by molar-refractivity contribution is 0.592. The largest absolute Gasteiger partial charge is 0.285 e. The van der Waals surface area contributed by atoms with Crippen molar-refractivity contribution in [2.24, 2.45) is 0 Å². The number of halogens is 1. The normalized spacial score (nSPS) is 11.4. The number of rotatable bonds is 8. The maximum atomic E-state index is 11.3. The molecule has 17 heavy (non-hydrogen) atoms. The van der Waals surface area contributed by atoms with E-state index in [0.717, 1.165) is 12.1 Å². The molecule has 1 radical (unpaired) electrons. The van der Waals surface area contributed by atoms with Crippen molar-refractivity contribution in [2.45, 2.75) is 12.8 Å². The molecule has 0 saturated heterocycles. The first kappa shape index (κ1) is 14.3. The lowest BCUT2D eigenvalue weighted by atomic mass is 10.3. The molecule has 0 aliphatic rings. The Balaban J connectivity index is 2.13. The van der Waals surface area contributed by atoms with Gasteiger partial charge in [-0.1, -0.05) is 18.2 Å². The van der Waals surface area contributed by atoms with Crippen LogP contribution in [0.4, 0.5) is 5.69 Å².